The van der Waals surface area contributed by atoms with Gasteiger partial charge in [0.05, 0.1) is 5.52 Å². The van der Waals surface area contributed by atoms with Crippen LogP contribution in [0.5, 0.6) is 5.88 Å². The van der Waals surface area contributed by atoms with Gasteiger partial charge in [0.25, 0.3) is 11.8 Å². The Hall–Kier alpha value is -4.04. The van der Waals surface area contributed by atoms with Crippen molar-refractivity contribution in [2.45, 2.75) is 0 Å². The number of H-pyrrole nitrogens is 1. The van der Waals surface area contributed by atoms with Gasteiger partial charge in [0.15, 0.2) is 5.69 Å². The number of rotatable bonds is 4. The zero-order valence-electron chi connectivity index (χ0n) is 15.8. The number of nitrogens with one attached hydrogen (secondary N) is 2. The van der Waals surface area contributed by atoms with Crippen molar-refractivity contribution >= 4 is 45.7 Å². The first-order valence-electron chi connectivity index (χ1n) is 9.04. The molecule has 3 N–H and O–H groups in total. The van der Waals surface area contributed by atoms with Gasteiger partial charge in [0.2, 0.25) is 5.88 Å². The van der Waals surface area contributed by atoms with E-state index in [9.17, 15) is 19.1 Å². The molecule has 0 saturated heterocycles. The summed E-state index contributed by atoms with van der Waals surface area (Å²) in [6.07, 6.45) is 0. The van der Waals surface area contributed by atoms with Gasteiger partial charge in [-0.3, -0.25) is 9.59 Å². The van der Waals surface area contributed by atoms with Gasteiger partial charge in [0.1, 0.15) is 5.82 Å². The third-order valence-electron chi connectivity index (χ3n) is 4.45. The van der Waals surface area contributed by atoms with Crippen LogP contribution in [0.3, 0.4) is 0 Å². The molecule has 1 aromatic heterocycles. The summed E-state index contributed by atoms with van der Waals surface area (Å²) in [5.74, 6) is -1.82. The number of nitrogens with zero attached hydrogens (tertiary/aromatic N) is 2. The molecule has 1 heterocycles. The number of halogens is 2. The minimum absolute atomic E-state index is 0.0327. The molecule has 0 aliphatic heterocycles. The predicted octanol–water partition coefficient (Wildman–Crippen LogP) is 5.84. The summed E-state index contributed by atoms with van der Waals surface area (Å²) in [6, 6.07) is 16.4. The highest BCUT2D eigenvalue weighted by Crippen LogP contribution is 2.35. The van der Waals surface area contributed by atoms with E-state index in [0.717, 1.165) is 0 Å². The second-order valence-corrected chi connectivity index (χ2v) is 6.99. The number of carbonyl (C=O) groups excluding carboxylic acids is 2. The number of benzene rings is 3. The summed E-state index contributed by atoms with van der Waals surface area (Å²) >= 11 is 5.81. The Bertz CT molecular complexity index is 1320. The van der Waals surface area contributed by atoms with Crippen LogP contribution in [0.4, 0.5) is 15.8 Å². The van der Waals surface area contributed by atoms with E-state index in [1.807, 2.05) is 0 Å². The largest absolute Gasteiger partial charge is 0.493 e. The van der Waals surface area contributed by atoms with Crippen molar-refractivity contribution in [2.75, 3.05) is 5.32 Å². The highest BCUT2D eigenvalue weighted by atomic mass is 35.5. The molecule has 0 aliphatic carbocycles. The smallest absolute Gasteiger partial charge is 0.295 e. The molecule has 3 aromatic carbocycles. The van der Waals surface area contributed by atoms with Crippen LogP contribution >= 0.6 is 11.6 Å². The second kappa shape index (κ2) is 8.37. The van der Waals surface area contributed by atoms with Crippen LogP contribution < -0.4 is 5.32 Å². The molecule has 0 radical (unpaired) electrons. The first kappa shape index (κ1) is 20.2. The number of aromatic amines is 1. The molecule has 0 aliphatic rings. The van der Waals surface area contributed by atoms with Crippen LogP contribution in [0.2, 0.25) is 5.02 Å². The maximum atomic E-state index is 13.5. The first-order chi connectivity index (χ1) is 14.9. The lowest BCUT2D eigenvalue weighted by Crippen LogP contribution is -2.11. The number of carbonyl (C=O) groups is 2. The number of azo groups is 1. The molecule has 0 saturated carbocycles. The molecular weight excluding hydrogens is 423 g/mol. The summed E-state index contributed by atoms with van der Waals surface area (Å²) in [5.41, 5.74) is 1.57. The minimum atomic E-state index is -0.666. The van der Waals surface area contributed by atoms with Gasteiger partial charge in [-0.2, -0.15) is 0 Å². The van der Waals surface area contributed by atoms with Gasteiger partial charge < -0.3 is 15.4 Å². The monoisotopic (exact) mass is 436 g/mol. The minimum Gasteiger partial charge on any atom is -0.493 e. The molecule has 31 heavy (non-hydrogen) atoms. The van der Waals surface area contributed by atoms with Gasteiger partial charge in [0, 0.05) is 27.2 Å². The fourth-order valence-corrected chi connectivity index (χ4v) is 3.02. The average Bonchev–Trinajstić information content (AvgIpc) is 3.07. The molecular formula is C22H14ClFN4O3. The standard InChI is InChI=1S/C22H14ClFN4O3/c23-14-5-1-12(2-6-14)20(29)25-16-8-3-13(4-9-16)21(30)28-27-19-17-11-15(24)7-10-18(17)26-22(19)31/h1-11,26,31H,(H,25,29). The van der Waals surface area contributed by atoms with E-state index in [4.69, 9.17) is 11.6 Å². The number of hydrogen-bond donors (Lipinski definition) is 3. The fraction of sp³-hybridized carbons (Fsp3) is 0. The Morgan fingerprint density at radius 2 is 1.65 bits per heavy atom. The van der Waals surface area contributed by atoms with Crippen LogP contribution in [0, 0.1) is 5.82 Å². The SMILES string of the molecule is O=C(N=Nc1c(O)[nH]c2ccc(F)cc12)c1ccc(NC(=O)c2ccc(Cl)cc2)cc1. The topological polar surface area (TPSA) is 107 Å². The van der Waals surface area contributed by atoms with Crippen molar-refractivity contribution in [2.24, 2.45) is 10.2 Å². The number of amides is 2. The van der Waals surface area contributed by atoms with E-state index >= 15 is 0 Å². The van der Waals surface area contributed by atoms with Crippen molar-refractivity contribution in [1.29, 1.82) is 0 Å². The van der Waals surface area contributed by atoms with E-state index in [2.05, 4.69) is 20.5 Å². The van der Waals surface area contributed by atoms with E-state index in [1.54, 1.807) is 36.4 Å². The Morgan fingerprint density at radius 3 is 2.35 bits per heavy atom. The predicted molar refractivity (Wildman–Crippen MR) is 115 cm³/mol. The summed E-state index contributed by atoms with van der Waals surface area (Å²) < 4.78 is 13.5. The first-order valence-corrected chi connectivity index (χ1v) is 9.42. The van der Waals surface area contributed by atoms with E-state index < -0.39 is 11.7 Å². The fourth-order valence-electron chi connectivity index (χ4n) is 2.89. The molecule has 9 heteroatoms. The third kappa shape index (κ3) is 4.44. The van der Waals surface area contributed by atoms with Gasteiger partial charge in [-0.1, -0.05) is 11.6 Å². The average molecular weight is 437 g/mol. The zero-order valence-corrected chi connectivity index (χ0v) is 16.5. The second-order valence-electron chi connectivity index (χ2n) is 6.56. The third-order valence-corrected chi connectivity index (χ3v) is 4.70. The Kier molecular flexibility index (Phi) is 5.46. The molecule has 0 unspecified atom stereocenters. The van der Waals surface area contributed by atoms with Crippen molar-refractivity contribution in [3.63, 3.8) is 0 Å². The lowest BCUT2D eigenvalue weighted by Gasteiger charge is -2.05. The normalized spacial score (nSPS) is 11.2. The van der Waals surface area contributed by atoms with Crippen LogP contribution in [-0.4, -0.2) is 21.9 Å². The molecule has 0 atom stereocenters. The molecule has 4 aromatic rings. The Morgan fingerprint density at radius 1 is 0.968 bits per heavy atom. The zero-order chi connectivity index (χ0) is 22.0. The molecule has 154 valence electrons. The van der Waals surface area contributed by atoms with E-state index in [1.165, 1.54) is 30.3 Å². The molecule has 0 spiro atoms. The van der Waals surface area contributed by atoms with E-state index in [0.29, 0.717) is 27.2 Å². The molecule has 7 nitrogen and oxygen atoms in total. The summed E-state index contributed by atoms with van der Waals surface area (Å²) in [6.45, 7) is 0. The molecule has 0 bridgehead atoms. The van der Waals surface area contributed by atoms with Gasteiger partial charge in [-0.05, 0) is 66.7 Å². The van der Waals surface area contributed by atoms with Gasteiger partial charge in [-0.15, -0.1) is 10.2 Å². The number of hydrogen-bond acceptors (Lipinski definition) is 4. The van der Waals surface area contributed by atoms with Crippen LogP contribution in [0.1, 0.15) is 20.7 Å². The molecule has 4 rings (SSSR count). The van der Waals surface area contributed by atoms with E-state index in [-0.39, 0.29) is 23.0 Å². The maximum absolute atomic E-state index is 13.5. The number of fused-ring (bicyclic) bond motifs is 1. The van der Waals surface area contributed by atoms with Crippen LogP contribution in [-0.2, 0) is 0 Å². The quantitative estimate of drug-likeness (QED) is 0.349. The molecule has 2 amide bonds. The van der Waals surface area contributed by atoms with Crippen LogP contribution in [0.15, 0.2) is 77.0 Å². The highest BCUT2D eigenvalue weighted by Gasteiger charge is 2.13. The summed E-state index contributed by atoms with van der Waals surface area (Å²) in [4.78, 5) is 27.2. The lowest BCUT2D eigenvalue weighted by atomic mass is 10.1. The lowest BCUT2D eigenvalue weighted by molar-refractivity contribution is 0.0993. The Labute approximate surface area is 180 Å². The highest BCUT2D eigenvalue weighted by molar-refractivity contribution is 6.30. The van der Waals surface area contributed by atoms with Crippen LogP contribution in [0.25, 0.3) is 10.9 Å². The maximum Gasteiger partial charge on any atom is 0.295 e. The number of aromatic hydroxyl groups is 1. The number of anilines is 1. The summed E-state index contributed by atoms with van der Waals surface area (Å²) in [5, 5.41) is 20.9. The Balaban J connectivity index is 1.47. The molecule has 0 fully saturated rings. The van der Waals surface area contributed by atoms with Crippen molar-refractivity contribution < 1.29 is 19.1 Å². The van der Waals surface area contributed by atoms with Crippen molar-refractivity contribution in [3.05, 3.63) is 88.7 Å². The van der Waals surface area contributed by atoms with Crippen molar-refractivity contribution in [3.8, 4) is 5.88 Å². The number of aromatic nitrogens is 1. The summed E-state index contributed by atoms with van der Waals surface area (Å²) in [7, 11) is 0. The van der Waals surface area contributed by atoms with Crippen molar-refractivity contribution in [1.82, 2.24) is 4.98 Å². The van der Waals surface area contributed by atoms with Gasteiger partial charge in [-0.25, -0.2) is 4.39 Å². The van der Waals surface area contributed by atoms with Gasteiger partial charge >= 0.3 is 0 Å².